The molecule has 23 heavy (non-hydrogen) atoms. The van der Waals surface area contributed by atoms with E-state index < -0.39 is 0 Å². The van der Waals surface area contributed by atoms with Crippen LogP contribution in [0.25, 0.3) is 0 Å². The number of halogens is 1. The van der Waals surface area contributed by atoms with E-state index in [0.717, 1.165) is 25.1 Å². The standard InChI is InChI=1S/C17H21FN4O/c1-11(2)22-16-5-6-21(10-15(16)20-17(22)23)9-12-3-4-14(18)7-13(12)8-19/h3-4,7,11,15-16H,5-6,9-10H2,1-2H3,(H,20,23)/t15-,16+/m1/s1. The summed E-state index contributed by atoms with van der Waals surface area (Å²) in [5, 5.41) is 12.2. The number of likely N-dealkylation sites (tertiary alicyclic amines) is 1. The van der Waals surface area contributed by atoms with Crippen LogP contribution in [0, 0.1) is 17.1 Å². The number of hydrogen-bond acceptors (Lipinski definition) is 3. The Hall–Kier alpha value is -2.13. The minimum Gasteiger partial charge on any atom is -0.332 e. The Labute approximate surface area is 135 Å². The molecule has 5 nitrogen and oxygen atoms in total. The van der Waals surface area contributed by atoms with Crippen molar-refractivity contribution < 1.29 is 9.18 Å². The van der Waals surface area contributed by atoms with Gasteiger partial charge in [0.15, 0.2) is 0 Å². The zero-order valence-corrected chi connectivity index (χ0v) is 13.4. The molecule has 1 aromatic rings. The summed E-state index contributed by atoms with van der Waals surface area (Å²) in [7, 11) is 0. The van der Waals surface area contributed by atoms with E-state index in [-0.39, 0.29) is 30.0 Å². The number of piperidine rings is 1. The lowest BCUT2D eigenvalue weighted by atomic mass is 9.98. The first kappa shape index (κ1) is 15.8. The summed E-state index contributed by atoms with van der Waals surface area (Å²) in [6.45, 7) is 6.28. The van der Waals surface area contributed by atoms with Crippen LogP contribution in [0.15, 0.2) is 18.2 Å². The second-order valence-corrected chi connectivity index (χ2v) is 6.56. The predicted octanol–water partition coefficient (Wildman–Crippen LogP) is 2.07. The van der Waals surface area contributed by atoms with Crippen LogP contribution in [0.1, 0.15) is 31.4 Å². The van der Waals surface area contributed by atoms with Crippen molar-refractivity contribution >= 4 is 6.03 Å². The van der Waals surface area contributed by atoms with Gasteiger partial charge < -0.3 is 10.2 Å². The smallest absolute Gasteiger partial charge is 0.318 e. The number of rotatable bonds is 3. The molecule has 2 heterocycles. The average molecular weight is 316 g/mol. The monoisotopic (exact) mass is 316 g/mol. The second kappa shape index (κ2) is 6.17. The lowest BCUT2D eigenvalue weighted by molar-refractivity contribution is 0.122. The first-order valence-electron chi connectivity index (χ1n) is 7.99. The van der Waals surface area contributed by atoms with Crippen molar-refractivity contribution in [2.75, 3.05) is 13.1 Å². The van der Waals surface area contributed by atoms with Crippen LogP contribution in [-0.4, -0.2) is 47.0 Å². The molecule has 2 saturated heterocycles. The van der Waals surface area contributed by atoms with Crippen LogP contribution in [0.2, 0.25) is 0 Å². The Kier molecular flexibility index (Phi) is 4.22. The SMILES string of the molecule is CC(C)N1C(=O)N[C@@H]2CN(Cc3ccc(F)cc3C#N)CC[C@@H]21. The number of urea groups is 1. The highest BCUT2D eigenvalue weighted by Gasteiger charge is 2.43. The molecule has 122 valence electrons. The summed E-state index contributed by atoms with van der Waals surface area (Å²) < 4.78 is 13.2. The van der Waals surface area contributed by atoms with Gasteiger partial charge in [-0.15, -0.1) is 0 Å². The molecule has 2 atom stereocenters. The Bertz CT molecular complexity index is 654. The maximum atomic E-state index is 13.2. The molecule has 2 aliphatic rings. The fourth-order valence-electron chi connectivity index (χ4n) is 3.66. The summed E-state index contributed by atoms with van der Waals surface area (Å²) >= 11 is 0. The van der Waals surface area contributed by atoms with Gasteiger partial charge in [-0.2, -0.15) is 5.26 Å². The van der Waals surface area contributed by atoms with E-state index >= 15 is 0 Å². The van der Waals surface area contributed by atoms with Gasteiger partial charge in [-0.3, -0.25) is 4.90 Å². The molecule has 0 aromatic heterocycles. The van der Waals surface area contributed by atoms with Gasteiger partial charge in [0.05, 0.1) is 23.7 Å². The Morgan fingerprint density at radius 2 is 2.26 bits per heavy atom. The Morgan fingerprint density at radius 1 is 1.48 bits per heavy atom. The number of benzene rings is 1. The molecule has 0 radical (unpaired) electrons. The minimum absolute atomic E-state index is 0.0105. The minimum atomic E-state index is -0.389. The molecule has 1 aromatic carbocycles. The van der Waals surface area contributed by atoms with Gasteiger partial charge in [0.1, 0.15) is 5.82 Å². The number of nitriles is 1. The summed E-state index contributed by atoms with van der Waals surface area (Å²) in [6.07, 6.45) is 0.907. The van der Waals surface area contributed by atoms with Crippen LogP contribution in [0.3, 0.4) is 0 Å². The topological polar surface area (TPSA) is 59.4 Å². The zero-order valence-electron chi connectivity index (χ0n) is 13.4. The molecule has 0 bridgehead atoms. The molecule has 0 saturated carbocycles. The quantitative estimate of drug-likeness (QED) is 0.929. The highest BCUT2D eigenvalue weighted by molar-refractivity contribution is 5.78. The van der Waals surface area contributed by atoms with Crippen LogP contribution in [0.4, 0.5) is 9.18 Å². The number of amides is 2. The highest BCUT2D eigenvalue weighted by Crippen LogP contribution is 2.26. The molecule has 2 fully saturated rings. The van der Waals surface area contributed by atoms with E-state index in [1.54, 1.807) is 6.07 Å². The maximum absolute atomic E-state index is 13.2. The van der Waals surface area contributed by atoms with Gasteiger partial charge in [-0.25, -0.2) is 9.18 Å². The van der Waals surface area contributed by atoms with E-state index in [0.29, 0.717) is 12.1 Å². The molecule has 2 amide bonds. The number of carbonyl (C=O) groups excluding carboxylic acids is 1. The first-order valence-corrected chi connectivity index (χ1v) is 7.99. The van der Waals surface area contributed by atoms with E-state index in [2.05, 4.69) is 16.3 Å². The van der Waals surface area contributed by atoms with Crippen molar-refractivity contribution in [2.24, 2.45) is 0 Å². The van der Waals surface area contributed by atoms with Crippen molar-refractivity contribution in [2.45, 2.75) is 44.9 Å². The van der Waals surface area contributed by atoms with E-state index in [1.807, 2.05) is 18.7 Å². The van der Waals surface area contributed by atoms with Gasteiger partial charge >= 0.3 is 6.03 Å². The van der Waals surface area contributed by atoms with E-state index in [4.69, 9.17) is 5.26 Å². The van der Waals surface area contributed by atoms with Crippen LogP contribution >= 0.6 is 0 Å². The highest BCUT2D eigenvalue weighted by atomic mass is 19.1. The molecule has 0 aliphatic carbocycles. The van der Waals surface area contributed by atoms with E-state index in [1.165, 1.54) is 12.1 Å². The Balaban J connectivity index is 1.70. The number of hydrogen-bond donors (Lipinski definition) is 1. The predicted molar refractivity (Wildman–Crippen MR) is 84.1 cm³/mol. The molecular weight excluding hydrogens is 295 g/mol. The number of nitrogens with zero attached hydrogens (tertiary/aromatic N) is 3. The van der Waals surface area contributed by atoms with Crippen LogP contribution in [0.5, 0.6) is 0 Å². The molecule has 3 rings (SSSR count). The normalized spacial score (nSPS) is 24.5. The molecular formula is C17H21FN4O. The van der Waals surface area contributed by atoms with Gasteiger partial charge in [0.25, 0.3) is 0 Å². The third kappa shape index (κ3) is 3.02. The van der Waals surface area contributed by atoms with Gasteiger partial charge in [0.2, 0.25) is 0 Å². The fraction of sp³-hybridized carbons (Fsp3) is 0.529. The lowest BCUT2D eigenvalue weighted by Gasteiger charge is -2.38. The molecule has 6 heteroatoms. The number of carbonyl (C=O) groups is 1. The summed E-state index contributed by atoms with van der Waals surface area (Å²) in [5.74, 6) is -0.389. The van der Waals surface area contributed by atoms with Crippen LogP contribution < -0.4 is 5.32 Å². The fourth-order valence-corrected chi connectivity index (χ4v) is 3.66. The number of fused-ring (bicyclic) bond motifs is 1. The summed E-state index contributed by atoms with van der Waals surface area (Å²) in [5.41, 5.74) is 1.21. The third-order valence-electron chi connectivity index (χ3n) is 4.70. The van der Waals surface area contributed by atoms with Crippen molar-refractivity contribution in [3.63, 3.8) is 0 Å². The molecule has 0 spiro atoms. The van der Waals surface area contributed by atoms with Gasteiger partial charge in [-0.1, -0.05) is 6.07 Å². The second-order valence-electron chi connectivity index (χ2n) is 6.56. The third-order valence-corrected chi connectivity index (χ3v) is 4.70. The molecule has 2 aliphatic heterocycles. The van der Waals surface area contributed by atoms with Gasteiger partial charge in [0, 0.05) is 25.7 Å². The van der Waals surface area contributed by atoms with E-state index in [9.17, 15) is 9.18 Å². The van der Waals surface area contributed by atoms with Crippen LogP contribution in [-0.2, 0) is 6.54 Å². The lowest BCUT2D eigenvalue weighted by Crippen LogP contribution is -2.51. The van der Waals surface area contributed by atoms with Gasteiger partial charge in [-0.05, 0) is 38.0 Å². The van der Waals surface area contributed by atoms with Crippen molar-refractivity contribution in [3.05, 3.63) is 35.1 Å². The van der Waals surface area contributed by atoms with Crippen molar-refractivity contribution in [3.8, 4) is 6.07 Å². The molecule has 0 unspecified atom stereocenters. The van der Waals surface area contributed by atoms with Crippen molar-refractivity contribution in [1.82, 2.24) is 15.1 Å². The first-order chi connectivity index (χ1) is 11.0. The van der Waals surface area contributed by atoms with Crippen molar-refractivity contribution in [1.29, 1.82) is 5.26 Å². The summed E-state index contributed by atoms with van der Waals surface area (Å²) in [4.78, 5) is 16.2. The maximum Gasteiger partial charge on any atom is 0.318 e. The largest absolute Gasteiger partial charge is 0.332 e. The molecule has 1 N–H and O–H groups in total. The summed E-state index contributed by atoms with van der Waals surface area (Å²) in [6, 6.07) is 6.96. The average Bonchev–Trinajstić information content (AvgIpc) is 2.84. The Morgan fingerprint density at radius 3 is 2.96 bits per heavy atom. The number of nitrogens with one attached hydrogen (secondary N) is 1. The zero-order chi connectivity index (χ0) is 16.6.